The second kappa shape index (κ2) is 5.04. The average Bonchev–Trinajstić information content (AvgIpc) is 2.66. The van der Waals surface area contributed by atoms with Crippen LogP contribution in [0.25, 0.3) is 5.69 Å². The van der Waals surface area contributed by atoms with E-state index in [4.69, 9.17) is 5.11 Å². The molecule has 0 fully saturated rings. The lowest BCUT2D eigenvalue weighted by Crippen LogP contribution is -2.00. The molecule has 2 rings (SSSR count). The van der Waals surface area contributed by atoms with Crippen molar-refractivity contribution in [3.05, 3.63) is 47.3 Å². The quantitative estimate of drug-likeness (QED) is 0.899. The third kappa shape index (κ3) is 2.77. The monoisotopic (exact) mass is 244 g/mol. The van der Waals surface area contributed by atoms with Crippen LogP contribution in [-0.4, -0.2) is 20.9 Å². The lowest BCUT2D eigenvalue weighted by molar-refractivity contribution is -0.136. The normalized spacial score (nSPS) is 10.6. The first-order valence-corrected chi connectivity index (χ1v) is 5.90. The van der Waals surface area contributed by atoms with Crippen LogP contribution in [0.3, 0.4) is 0 Å². The molecule has 0 aliphatic heterocycles. The zero-order valence-corrected chi connectivity index (χ0v) is 10.6. The molecule has 0 bridgehead atoms. The molecule has 0 aliphatic rings. The SMILES string of the molecule is Cc1cc(C)n(-c2ccc(CCC(=O)O)cc2)n1. The number of nitrogens with zero attached hydrogens (tertiary/aromatic N) is 2. The van der Waals surface area contributed by atoms with Gasteiger partial charge in [0.15, 0.2) is 0 Å². The van der Waals surface area contributed by atoms with Gasteiger partial charge in [0.25, 0.3) is 0 Å². The van der Waals surface area contributed by atoms with Gasteiger partial charge in [-0.05, 0) is 44.0 Å². The summed E-state index contributed by atoms with van der Waals surface area (Å²) in [7, 11) is 0. The van der Waals surface area contributed by atoms with E-state index in [2.05, 4.69) is 5.10 Å². The summed E-state index contributed by atoms with van der Waals surface area (Å²) >= 11 is 0. The van der Waals surface area contributed by atoms with Gasteiger partial charge in [0.05, 0.1) is 11.4 Å². The number of aliphatic carboxylic acids is 1. The van der Waals surface area contributed by atoms with Gasteiger partial charge >= 0.3 is 5.97 Å². The number of hydrogen-bond donors (Lipinski definition) is 1. The first kappa shape index (κ1) is 12.4. The highest BCUT2D eigenvalue weighted by Crippen LogP contribution is 2.13. The molecule has 0 radical (unpaired) electrons. The van der Waals surface area contributed by atoms with Crippen LogP contribution in [0.5, 0.6) is 0 Å². The van der Waals surface area contributed by atoms with Gasteiger partial charge in [-0.3, -0.25) is 4.79 Å². The van der Waals surface area contributed by atoms with Gasteiger partial charge < -0.3 is 5.11 Å². The highest BCUT2D eigenvalue weighted by atomic mass is 16.4. The Labute approximate surface area is 106 Å². The van der Waals surface area contributed by atoms with E-state index in [0.29, 0.717) is 6.42 Å². The largest absolute Gasteiger partial charge is 0.481 e. The Morgan fingerprint density at radius 1 is 1.28 bits per heavy atom. The summed E-state index contributed by atoms with van der Waals surface area (Å²) in [6.45, 7) is 3.98. The predicted molar refractivity (Wildman–Crippen MR) is 69.0 cm³/mol. The average molecular weight is 244 g/mol. The third-order valence-electron chi connectivity index (χ3n) is 2.82. The molecular weight excluding hydrogens is 228 g/mol. The van der Waals surface area contributed by atoms with Gasteiger partial charge in [0, 0.05) is 12.1 Å². The Morgan fingerprint density at radius 2 is 1.94 bits per heavy atom. The summed E-state index contributed by atoms with van der Waals surface area (Å²) in [4.78, 5) is 10.5. The van der Waals surface area contributed by atoms with Gasteiger partial charge in [-0.1, -0.05) is 12.1 Å². The molecule has 4 nitrogen and oxygen atoms in total. The molecule has 0 spiro atoms. The Hall–Kier alpha value is -2.10. The summed E-state index contributed by atoms with van der Waals surface area (Å²) in [6, 6.07) is 9.87. The molecular formula is C14H16N2O2. The van der Waals surface area contributed by atoms with Crippen molar-refractivity contribution in [2.75, 3.05) is 0 Å². The number of carbonyl (C=O) groups is 1. The Morgan fingerprint density at radius 3 is 2.44 bits per heavy atom. The van der Waals surface area contributed by atoms with Gasteiger partial charge in [0.2, 0.25) is 0 Å². The minimum Gasteiger partial charge on any atom is -0.481 e. The first-order chi connectivity index (χ1) is 8.56. The van der Waals surface area contributed by atoms with Crippen molar-refractivity contribution >= 4 is 5.97 Å². The molecule has 1 N–H and O–H groups in total. The Kier molecular flexibility index (Phi) is 3.46. The smallest absolute Gasteiger partial charge is 0.303 e. The number of hydrogen-bond acceptors (Lipinski definition) is 2. The minimum absolute atomic E-state index is 0.166. The standard InChI is InChI=1S/C14H16N2O2/c1-10-9-11(2)16(15-10)13-6-3-12(4-7-13)5-8-14(17)18/h3-4,6-7,9H,5,8H2,1-2H3,(H,17,18). The maximum Gasteiger partial charge on any atom is 0.303 e. The highest BCUT2D eigenvalue weighted by molar-refractivity contribution is 5.67. The second-order valence-corrected chi connectivity index (χ2v) is 4.40. The topological polar surface area (TPSA) is 55.1 Å². The van der Waals surface area contributed by atoms with Gasteiger partial charge in [0.1, 0.15) is 0 Å². The molecule has 0 aliphatic carbocycles. The molecule has 1 heterocycles. The molecule has 4 heteroatoms. The van der Waals surface area contributed by atoms with E-state index in [1.165, 1.54) is 0 Å². The van der Waals surface area contributed by atoms with Crippen LogP contribution in [0.15, 0.2) is 30.3 Å². The fourth-order valence-electron chi connectivity index (χ4n) is 1.95. The number of aryl methyl sites for hydroxylation is 3. The van der Waals surface area contributed by atoms with Crippen LogP contribution in [-0.2, 0) is 11.2 Å². The van der Waals surface area contributed by atoms with Crippen LogP contribution in [0, 0.1) is 13.8 Å². The highest BCUT2D eigenvalue weighted by Gasteiger charge is 2.04. The fraction of sp³-hybridized carbons (Fsp3) is 0.286. The van der Waals surface area contributed by atoms with Crippen LogP contribution in [0.1, 0.15) is 23.4 Å². The molecule has 1 aromatic heterocycles. The number of rotatable bonds is 4. The summed E-state index contributed by atoms with van der Waals surface area (Å²) in [5, 5.41) is 13.0. The number of carboxylic acid groups (broad SMARTS) is 1. The van der Waals surface area contributed by atoms with Crippen molar-refractivity contribution in [1.82, 2.24) is 9.78 Å². The summed E-state index contributed by atoms with van der Waals surface area (Å²) in [6.07, 6.45) is 0.728. The molecule has 0 saturated heterocycles. The van der Waals surface area contributed by atoms with Gasteiger partial charge in [-0.15, -0.1) is 0 Å². The predicted octanol–water partition coefficient (Wildman–Crippen LogP) is 2.51. The number of benzene rings is 1. The first-order valence-electron chi connectivity index (χ1n) is 5.90. The van der Waals surface area contributed by atoms with Crippen LogP contribution in [0.2, 0.25) is 0 Å². The summed E-state index contributed by atoms with van der Waals surface area (Å²) in [5.41, 5.74) is 4.11. The molecule has 1 aromatic carbocycles. The van der Waals surface area contributed by atoms with E-state index < -0.39 is 5.97 Å². The van der Waals surface area contributed by atoms with E-state index in [0.717, 1.165) is 22.6 Å². The van der Waals surface area contributed by atoms with Crippen LogP contribution < -0.4 is 0 Å². The minimum atomic E-state index is -0.766. The van der Waals surface area contributed by atoms with Crippen LogP contribution in [0.4, 0.5) is 0 Å². The van der Waals surface area contributed by atoms with Gasteiger partial charge in [-0.25, -0.2) is 4.68 Å². The fourth-order valence-corrected chi connectivity index (χ4v) is 1.95. The third-order valence-corrected chi connectivity index (χ3v) is 2.82. The van der Waals surface area contributed by atoms with E-state index in [1.54, 1.807) is 0 Å². The lowest BCUT2D eigenvalue weighted by atomic mass is 10.1. The van der Waals surface area contributed by atoms with E-state index >= 15 is 0 Å². The van der Waals surface area contributed by atoms with Crippen molar-refractivity contribution in [1.29, 1.82) is 0 Å². The molecule has 2 aromatic rings. The molecule has 18 heavy (non-hydrogen) atoms. The molecule has 0 amide bonds. The number of carboxylic acids is 1. The lowest BCUT2D eigenvalue weighted by Gasteiger charge is -2.05. The maximum atomic E-state index is 10.5. The van der Waals surface area contributed by atoms with Crippen molar-refractivity contribution in [2.45, 2.75) is 26.7 Å². The van der Waals surface area contributed by atoms with E-state index in [-0.39, 0.29) is 6.42 Å². The zero-order chi connectivity index (χ0) is 13.1. The Bertz CT molecular complexity index is 556. The van der Waals surface area contributed by atoms with E-state index in [9.17, 15) is 4.79 Å². The number of aromatic nitrogens is 2. The van der Waals surface area contributed by atoms with Crippen molar-refractivity contribution in [3.63, 3.8) is 0 Å². The molecule has 0 unspecified atom stereocenters. The summed E-state index contributed by atoms with van der Waals surface area (Å²) in [5.74, 6) is -0.766. The zero-order valence-electron chi connectivity index (χ0n) is 10.6. The van der Waals surface area contributed by atoms with Crippen molar-refractivity contribution in [2.24, 2.45) is 0 Å². The van der Waals surface area contributed by atoms with Crippen molar-refractivity contribution in [3.8, 4) is 5.69 Å². The van der Waals surface area contributed by atoms with E-state index in [1.807, 2.05) is 48.9 Å². The summed E-state index contributed by atoms with van der Waals surface area (Å²) < 4.78 is 1.89. The Balaban J connectivity index is 2.17. The molecule has 94 valence electrons. The maximum absolute atomic E-state index is 10.5. The molecule has 0 atom stereocenters. The molecule has 0 saturated carbocycles. The van der Waals surface area contributed by atoms with Gasteiger partial charge in [-0.2, -0.15) is 5.10 Å². The second-order valence-electron chi connectivity index (χ2n) is 4.40. The van der Waals surface area contributed by atoms with Crippen molar-refractivity contribution < 1.29 is 9.90 Å². The van der Waals surface area contributed by atoms with Crippen LogP contribution >= 0.6 is 0 Å².